The Kier molecular flexibility index (Phi) is 6.39. The smallest absolute Gasteiger partial charge is 0.416 e. The molecule has 0 radical (unpaired) electrons. The highest BCUT2D eigenvalue weighted by atomic mass is 35.5. The van der Waals surface area contributed by atoms with Crippen molar-refractivity contribution in [3.05, 3.63) is 64.2 Å². The number of ether oxygens (including phenoxy) is 1. The Bertz CT molecular complexity index is 880. The van der Waals surface area contributed by atoms with Crippen molar-refractivity contribution in [2.24, 2.45) is 5.92 Å². The van der Waals surface area contributed by atoms with E-state index >= 15 is 0 Å². The Balaban J connectivity index is 2.08. The largest absolute Gasteiger partial charge is 0.496 e. The number of likely N-dealkylation sites (tertiary alicyclic amines) is 1. The van der Waals surface area contributed by atoms with Crippen LogP contribution in [0.2, 0.25) is 5.02 Å². The third kappa shape index (κ3) is 4.67. The summed E-state index contributed by atoms with van der Waals surface area (Å²) in [5, 5.41) is 9.48. The van der Waals surface area contributed by atoms with Gasteiger partial charge in [0.1, 0.15) is 5.75 Å². The SMILES string of the molecule is COc1ccccc1C(c1cc(C(F)(F)F)ccc1Cl)N1CCC(C(=O)O)CC1. The Morgan fingerprint density at radius 2 is 1.83 bits per heavy atom. The lowest BCUT2D eigenvalue weighted by Crippen LogP contribution is -2.39. The van der Waals surface area contributed by atoms with Crippen LogP contribution in [0.1, 0.15) is 35.6 Å². The third-order valence-electron chi connectivity index (χ3n) is 5.30. The van der Waals surface area contributed by atoms with Crippen LogP contribution >= 0.6 is 11.6 Å². The van der Waals surface area contributed by atoms with Gasteiger partial charge < -0.3 is 9.84 Å². The second-order valence-corrected chi connectivity index (χ2v) is 7.43. The van der Waals surface area contributed by atoms with Gasteiger partial charge in [-0.1, -0.05) is 29.8 Å². The number of nitrogens with zero attached hydrogens (tertiary/aromatic N) is 1. The molecule has 0 bridgehead atoms. The summed E-state index contributed by atoms with van der Waals surface area (Å²) in [6, 6.07) is 9.81. The fraction of sp³-hybridized carbons (Fsp3) is 0.381. The number of hydrogen-bond acceptors (Lipinski definition) is 3. The number of carbonyl (C=O) groups is 1. The lowest BCUT2D eigenvalue weighted by molar-refractivity contribution is -0.143. The van der Waals surface area contributed by atoms with Crippen molar-refractivity contribution in [2.75, 3.05) is 20.2 Å². The Hall–Kier alpha value is -2.25. The molecule has 3 rings (SSSR count). The van der Waals surface area contributed by atoms with Crippen LogP contribution in [0, 0.1) is 5.92 Å². The van der Waals surface area contributed by atoms with Crippen LogP contribution in [0.25, 0.3) is 0 Å². The maximum atomic E-state index is 13.3. The first-order chi connectivity index (χ1) is 13.7. The van der Waals surface area contributed by atoms with Crippen LogP contribution in [0.15, 0.2) is 42.5 Å². The van der Waals surface area contributed by atoms with E-state index in [1.54, 1.807) is 24.3 Å². The van der Waals surface area contributed by atoms with Crippen LogP contribution in [0.5, 0.6) is 5.75 Å². The lowest BCUT2D eigenvalue weighted by Gasteiger charge is -2.38. The molecular formula is C21H21ClF3NO3. The van der Waals surface area contributed by atoms with Gasteiger partial charge in [0.2, 0.25) is 0 Å². The summed E-state index contributed by atoms with van der Waals surface area (Å²) >= 11 is 6.36. The minimum absolute atomic E-state index is 0.217. The topological polar surface area (TPSA) is 49.8 Å². The Morgan fingerprint density at radius 1 is 1.17 bits per heavy atom. The fourth-order valence-corrected chi connectivity index (χ4v) is 4.01. The molecule has 2 aromatic rings. The van der Waals surface area contributed by atoms with Crippen LogP contribution < -0.4 is 4.74 Å². The number of methoxy groups -OCH3 is 1. The molecule has 1 aliphatic heterocycles. The van der Waals surface area contributed by atoms with Gasteiger partial charge in [-0.05, 0) is 55.8 Å². The van der Waals surface area contributed by atoms with Gasteiger partial charge in [0.25, 0.3) is 0 Å². The van der Waals surface area contributed by atoms with Gasteiger partial charge in [-0.15, -0.1) is 0 Å². The van der Waals surface area contributed by atoms with Crippen molar-refractivity contribution in [3.63, 3.8) is 0 Å². The van der Waals surface area contributed by atoms with Crippen molar-refractivity contribution in [3.8, 4) is 5.75 Å². The molecule has 0 amide bonds. The number of aliphatic carboxylic acids is 1. The number of rotatable bonds is 5. The van der Waals surface area contributed by atoms with E-state index in [0.29, 0.717) is 42.8 Å². The van der Waals surface area contributed by atoms with E-state index in [2.05, 4.69) is 0 Å². The van der Waals surface area contributed by atoms with Crippen LogP contribution in [-0.4, -0.2) is 36.2 Å². The molecule has 1 N–H and O–H groups in total. The van der Waals surface area contributed by atoms with E-state index in [1.807, 2.05) is 4.90 Å². The van der Waals surface area contributed by atoms with Gasteiger partial charge in [0.05, 0.1) is 24.6 Å². The van der Waals surface area contributed by atoms with Gasteiger partial charge in [-0.25, -0.2) is 0 Å². The molecule has 0 spiro atoms. The van der Waals surface area contributed by atoms with Gasteiger partial charge in [-0.2, -0.15) is 13.2 Å². The molecule has 156 valence electrons. The van der Waals surface area contributed by atoms with E-state index in [-0.39, 0.29) is 5.02 Å². The molecule has 1 fully saturated rings. The highest BCUT2D eigenvalue weighted by Gasteiger charge is 2.35. The number of alkyl halides is 3. The first-order valence-electron chi connectivity index (χ1n) is 9.18. The van der Waals surface area contributed by atoms with Crippen molar-refractivity contribution in [1.29, 1.82) is 0 Å². The maximum absolute atomic E-state index is 13.3. The van der Waals surface area contributed by atoms with E-state index < -0.39 is 29.7 Å². The molecule has 0 aliphatic carbocycles. The zero-order chi connectivity index (χ0) is 21.2. The minimum Gasteiger partial charge on any atom is -0.496 e. The molecule has 0 saturated carbocycles. The molecule has 0 aromatic heterocycles. The van der Waals surface area contributed by atoms with Crippen molar-refractivity contribution in [1.82, 2.24) is 4.90 Å². The Labute approximate surface area is 171 Å². The third-order valence-corrected chi connectivity index (χ3v) is 5.64. The average Bonchev–Trinajstić information content (AvgIpc) is 2.69. The lowest BCUT2D eigenvalue weighted by atomic mass is 9.90. The summed E-state index contributed by atoms with van der Waals surface area (Å²) in [7, 11) is 1.50. The van der Waals surface area contributed by atoms with Crippen LogP contribution in [0.4, 0.5) is 13.2 Å². The van der Waals surface area contributed by atoms with Crippen molar-refractivity contribution in [2.45, 2.75) is 25.1 Å². The second-order valence-electron chi connectivity index (χ2n) is 7.03. The molecule has 1 unspecified atom stereocenters. The fourth-order valence-electron chi connectivity index (χ4n) is 3.79. The quantitative estimate of drug-likeness (QED) is 0.707. The molecule has 4 nitrogen and oxygen atoms in total. The van der Waals surface area contributed by atoms with E-state index in [9.17, 15) is 23.1 Å². The molecular weight excluding hydrogens is 407 g/mol. The van der Waals surface area contributed by atoms with Gasteiger partial charge in [-0.3, -0.25) is 9.69 Å². The van der Waals surface area contributed by atoms with Crippen LogP contribution in [0.3, 0.4) is 0 Å². The number of piperidine rings is 1. The molecule has 1 heterocycles. The summed E-state index contributed by atoms with van der Waals surface area (Å²) in [6.45, 7) is 0.846. The normalized spacial score (nSPS) is 17.1. The number of carboxylic acids is 1. The highest BCUT2D eigenvalue weighted by Crippen LogP contribution is 2.42. The first kappa shape index (κ1) is 21.5. The average molecular weight is 428 g/mol. The summed E-state index contributed by atoms with van der Waals surface area (Å²) < 4.78 is 45.5. The number of hydrogen-bond donors (Lipinski definition) is 1. The minimum atomic E-state index is -4.50. The van der Waals surface area contributed by atoms with Crippen LogP contribution in [-0.2, 0) is 11.0 Å². The number of halogens is 4. The monoisotopic (exact) mass is 427 g/mol. The summed E-state index contributed by atoms with van der Waals surface area (Å²) in [4.78, 5) is 13.3. The molecule has 2 aromatic carbocycles. The molecule has 1 atom stereocenters. The summed E-state index contributed by atoms with van der Waals surface area (Å²) in [6.07, 6.45) is -3.67. The number of para-hydroxylation sites is 1. The predicted octanol–water partition coefficient (Wildman–Crippen LogP) is 5.25. The van der Waals surface area contributed by atoms with E-state index in [0.717, 1.165) is 12.1 Å². The highest BCUT2D eigenvalue weighted by molar-refractivity contribution is 6.31. The van der Waals surface area contributed by atoms with E-state index in [1.165, 1.54) is 13.2 Å². The Morgan fingerprint density at radius 3 is 2.41 bits per heavy atom. The molecule has 29 heavy (non-hydrogen) atoms. The maximum Gasteiger partial charge on any atom is 0.416 e. The number of benzene rings is 2. The van der Waals surface area contributed by atoms with Gasteiger partial charge in [0, 0.05) is 10.6 Å². The van der Waals surface area contributed by atoms with Gasteiger partial charge >= 0.3 is 12.1 Å². The number of carboxylic acid groups (broad SMARTS) is 1. The standard InChI is InChI=1S/C21H21ClF3NO3/c1-29-18-5-3-2-4-15(18)19(26-10-8-13(9-11-26)20(27)28)16-12-14(21(23,24)25)6-7-17(16)22/h2-7,12-13,19H,8-11H2,1H3,(H,27,28). The first-order valence-corrected chi connectivity index (χ1v) is 9.56. The zero-order valence-electron chi connectivity index (χ0n) is 15.7. The molecule has 1 saturated heterocycles. The van der Waals surface area contributed by atoms with Crippen molar-refractivity contribution < 1.29 is 27.8 Å². The summed E-state index contributed by atoms with van der Waals surface area (Å²) in [5.74, 6) is -0.775. The van der Waals surface area contributed by atoms with E-state index in [4.69, 9.17) is 16.3 Å². The summed E-state index contributed by atoms with van der Waals surface area (Å²) in [5.41, 5.74) is 0.224. The van der Waals surface area contributed by atoms with Gasteiger partial charge in [0.15, 0.2) is 0 Å². The predicted molar refractivity (Wildman–Crippen MR) is 103 cm³/mol. The van der Waals surface area contributed by atoms with Crippen molar-refractivity contribution >= 4 is 17.6 Å². The molecule has 1 aliphatic rings. The zero-order valence-corrected chi connectivity index (χ0v) is 16.5. The molecule has 8 heteroatoms. The second kappa shape index (κ2) is 8.63.